The monoisotopic (exact) mass is 316 g/mol. The first-order valence-corrected chi connectivity index (χ1v) is 7.50. The highest BCUT2D eigenvalue weighted by atomic mass is 79.9. The predicted octanol–water partition coefficient (Wildman–Crippen LogP) is 2.88. The molecule has 1 amide bonds. The lowest BCUT2D eigenvalue weighted by Crippen LogP contribution is -2.38. The Morgan fingerprint density at radius 1 is 1.59 bits per heavy atom. The third kappa shape index (κ3) is 3.09. The van der Waals surface area contributed by atoms with Crippen LogP contribution < -0.4 is 11.1 Å². The van der Waals surface area contributed by atoms with Gasteiger partial charge in [-0.3, -0.25) is 10.1 Å². The zero-order chi connectivity index (χ0) is 12.4. The first-order valence-electron chi connectivity index (χ1n) is 5.89. The van der Waals surface area contributed by atoms with Gasteiger partial charge in [-0.2, -0.15) is 0 Å². The molecule has 0 aromatic carbocycles. The number of hydrogen-bond donors (Lipinski definition) is 2. The van der Waals surface area contributed by atoms with Crippen LogP contribution in [0.15, 0.2) is 10.5 Å². The molecule has 3 nitrogen and oxygen atoms in total. The summed E-state index contributed by atoms with van der Waals surface area (Å²) in [5, 5.41) is 3.39. The highest BCUT2D eigenvalue weighted by Gasteiger charge is 2.25. The maximum absolute atomic E-state index is 11.6. The Kier molecular flexibility index (Phi) is 4.22. The molecule has 0 aliphatic heterocycles. The van der Waals surface area contributed by atoms with Gasteiger partial charge in [0.1, 0.15) is 6.04 Å². The molecule has 1 aliphatic rings. The van der Waals surface area contributed by atoms with Crippen molar-refractivity contribution in [2.75, 3.05) is 0 Å². The molecule has 2 rings (SSSR count). The van der Waals surface area contributed by atoms with Gasteiger partial charge in [0.05, 0.1) is 0 Å². The molecule has 0 spiro atoms. The lowest BCUT2D eigenvalue weighted by atomic mass is 10.1. The molecule has 0 radical (unpaired) electrons. The number of amides is 1. The number of hydrogen-bond acceptors (Lipinski definition) is 3. The number of nitrogens with one attached hydrogen (secondary N) is 1. The number of carbonyl (C=O) groups excluding carboxylic acids is 1. The van der Waals surface area contributed by atoms with Crippen LogP contribution in [-0.2, 0) is 4.79 Å². The summed E-state index contributed by atoms with van der Waals surface area (Å²) in [6.45, 7) is 2.03. The topological polar surface area (TPSA) is 55.1 Å². The van der Waals surface area contributed by atoms with E-state index in [0.717, 1.165) is 22.2 Å². The second-order valence-corrected chi connectivity index (χ2v) is 6.68. The van der Waals surface area contributed by atoms with Crippen LogP contribution in [0.2, 0.25) is 0 Å². The zero-order valence-electron chi connectivity index (χ0n) is 9.83. The van der Waals surface area contributed by atoms with Crippen molar-refractivity contribution >= 4 is 33.2 Å². The lowest BCUT2D eigenvalue weighted by Gasteiger charge is -2.19. The second kappa shape index (κ2) is 5.50. The van der Waals surface area contributed by atoms with E-state index >= 15 is 0 Å². The first-order chi connectivity index (χ1) is 8.08. The molecule has 1 fully saturated rings. The summed E-state index contributed by atoms with van der Waals surface area (Å²) in [6, 6.07) is 2.10. The van der Waals surface area contributed by atoms with Crippen LogP contribution in [0.5, 0.6) is 0 Å². The number of primary amides is 1. The quantitative estimate of drug-likeness (QED) is 0.897. The van der Waals surface area contributed by atoms with Gasteiger partial charge >= 0.3 is 0 Å². The van der Waals surface area contributed by atoms with E-state index in [1.165, 1.54) is 17.7 Å². The Morgan fingerprint density at radius 3 is 2.71 bits per heavy atom. The van der Waals surface area contributed by atoms with Gasteiger partial charge in [-0.05, 0) is 41.8 Å². The van der Waals surface area contributed by atoms with E-state index < -0.39 is 0 Å². The number of aryl methyl sites for hydroxylation is 1. The van der Waals surface area contributed by atoms with Crippen LogP contribution in [-0.4, -0.2) is 11.9 Å². The average molecular weight is 317 g/mol. The van der Waals surface area contributed by atoms with E-state index in [4.69, 9.17) is 5.73 Å². The van der Waals surface area contributed by atoms with Gasteiger partial charge < -0.3 is 5.73 Å². The summed E-state index contributed by atoms with van der Waals surface area (Å²) in [6.07, 6.45) is 4.79. The Bertz CT molecular complexity index is 393. The summed E-state index contributed by atoms with van der Waals surface area (Å²) in [5.41, 5.74) is 5.50. The van der Waals surface area contributed by atoms with Gasteiger partial charge in [0.15, 0.2) is 0 Å². The van der Waals surface area contributed by atoms with Crippen molar-refractivity contribution in [2.45, 2.75) is 44.7 Å². The molecule has 5 heteroatoms. The molecule has 0 bridgehead atoms. The van der Waals surface area contributed by atoms with Gasteiger partial charge in [-0.25, -0.2) is 0 Å². The molecular formula is C12H17BrN2OS. The van der Waals surface area contributed by atoms with E-state index in [0.29, 0.717) is 6.04 Å². The molecule has 1 unspecified atom stereocenters. The number of halogens is 1. The summed E-state index contributed by atoms with van der Waals surface area (Å²) >= 11 is 5.10. The van der Waals surface area contributed by atoms with Crippen molar-refractivity contribution in [1.29, 1.82) is 0 Å². The fraction of sp³-hybridized carbons (Fsp3) is 0.583. The number of nitrogens with two attached hydrogens (primary N) is 1. The molecule has 3 N–H and O–H groups in total. The van der Waals surface area contributed by atoms with Crippen molar-refractivity contribution in [1.82, 2.24) is 5.32 Å². The third-order valence-corrected chi connectivity index (χ3v) is 5.40. The van der Waals surface area contributed by atoms with E-state index in [2.05, 4.69) is 21.2 Å². The molecule has 1 aromatic rings. The highest BCUT2D eigenvalue weighted by molar-refractivity contribution is 9.10. The summed E-state index contributed by atoms with van der Waals surface area (Å²) in [7, 11) is 0. The fourth-order valence-corrected chi connectivity index (χ4v) is 3.89. The minimum absolute atomic E-state index is 0.286. The molecule has 94 valence electrons. The average Bonchev–Trinajstić information content (AvgIpc) is 2.86. The Labute approximate surface area is 114 Å². The maximum Gasteiger partial charge on any atom is 0.240 e. The lowest BCUT2D eigenvalue weighted by molar-refractivity contribution is -0.120. The fourth-order valence-electron chi connectivity index (χ4n) is 2.26. The second-order valence-electron chi connectivity index (χ2n) is 4.54. The number of rotatable bonds is 4. The van der Waals surface area contributed by atoms with Gasteiger partial charge in [0.25, 0.3) is 0 Å². The third-order valence-electron chi connectivity index (χ3n) is 3.20. The van der Waals surface area contributed by atoms with Crippen LogP contribution in [0.3, 0.4) is 0 Å². The van der Waals surface area contributed by atoms with Gasteiger partial charge in [0, 0.05) is 20.3 Å². The number of thiophene rings is 1. The zero-order valence-corrected chi connectivity index (χ0v) is 12.2. The van der Waals surface area contributed by atoms with Crippen molar-refractivity contribution in [3.05, 3.63) is 20.3 Å². The van der Waals surface area contributed by atoms with Crippen LogP contribution in [0, 0.1) is 6.92 Å². The molecule has 1 aliphatic carbocycles. The molecule has 1 aromatic heterocycles. The molecule has 0 saturated heterocycles. The molecule has 1 atom stereocenters. The van der Waals surface area contributed by atoms with Crippen LogP contribution in [0.4, 0.5) is 0 Å². The van der Waals surface area contributed by atoms with Crippen molar-refractivity contribution in [3.8, 4) is 0 Å². The van der Waals surface area contributed by atoms with Gasteiger partial charge in [-0.15, -0.1) is 11.3 Å². The Hall–Kier alpha value is -0.390. The number of carbonyl (C=O) groups is 1. The van der Waals surface area contributed by atoms with E-state index in [1.807, 2.05) is 13.0 Å². The van der Waals surface area contributed by atoms with Crippen molar-refractivity contribution in [2.24, 2.45) is 5.73 Å². The van der Waals surface area contributed by atoms with Crippen molar-refractivity contribution < 1.29 is 4.79 Å². The molecule has 1 heterocycles. The molecular weight excluding hydrogens is 300 g/mol. The highest BCUT2D eigenvalue weighted by Crippen LogP contribution is 2.31. The minimum Gasteiger partial charge on any atom is -0.368 e. The standard InChI is InChI=1S/C12H17BrN2OS/c1-7-9(13)6-10(17-7)11(12(14)16)15-8-4-2-3-5-8/h6,8,11,15H,2-5H2,1H3,(H2,14,16). The van der Waals surface area contributed by atoms with Gasteiger partial charge in [-0.1, -0.05) is 12.8 Å². The smallest absolute Gasteiger partial charge is 0.240 e. The minimum atomic E-state index is -0.340. The largest absolute Gasteiger partial charge is 0.368 e. The molecule has 1 saturated carbocycles. The van der Waals surface area contributed by atoms with E-state index in [9.17, 15) is 4.79 Å². The summed E-state index contributed by atoms with van der Waals surface area (Å²) in [5.74, 6) is -0.286. The Morgan fingerprint density at radius 2 is 2.24 bits per heavy atom. The summed E-state index contributed by atoms with van der Waals surface area (Å²) < 4.78 is 1.05. The van der Waals surface area contributed by atoms with Gasteiger partial charge in [0.2, 0.25) is 5.91 Å². The van der Waals surface area contributed by atoms with E-state index in [1.54, 1.807) is 11.3 Å². The predicted molar refractivity (Wildman–Crippen MR) is 74.1 cm³/mol. The summed E-state index contributed by atoms with van der Waals surface area (Å²) in [4.78, 5) is 13.7. The van der Waals surface area contributed by atoms with Crippen LogP contribution in [0.25, 0.3) is 0 Å². The van der Waals surface area contributed by atoms with E-state index in [-0.39, 0.29) is 11.9 Å². The first kappa shape index (κ1) is 13.1. The molecule has 17 heavy (non-hydrogen) atoms. The normalized spacial score (nSPS) is 18.5. The van der Waals surface area contributed by atoms with Crippen molar-refractivity contribution in [3.63, 3.8) is 0 Å². The van der Waals surface area contributed by atoms with Crippen LogP contribution >= 0.6 is 27.3 Å². The Balaban J connectivity index is 2.13. The van der Waals surface area contributed by atoms with Crippen LogP contribution in [0.1, 0.15) is 41.5 Å². The SMILES string of the molecule is Cc1sc(C(NC2CCCC2)C(N)=O)cc1Br. The maximum atomic E-state index is 11.6.